The number of nitrogens with zero attached hydrogens (tertiary/aromatic N) is 1. The molecular formula is C13H13ClN2OS. The largest absolute Gasteiger partial charge is 0.379 e. The first kappa shape index (κ1) is 12.0. The van der Waals surface area contributed by atoms with Gasteiger partial charge in [-0.3, -0.25) is 0 Å². The lowest BCUT2D eigenvalue weighted by atomic mass is 10.1. The van der Waals surface area contributed by atoms with Gasteiger partial charge >= 0.3 is 0 Å². The zero-order chi connectivity index (χ0) is 12.4. The number of hydrogen-bond donors (Lipinski definition) is 1. The summed E-state index contributed by atoms with van der Waals surface area (Å²) >= 11 is 7.79. The molecule has 1 aliphatic heterocycles. The summed E-state index contributed by atoms with van der Waals surface area (Å²) in [5.41, 5.74) is 1.90. The van der Waals surface area contributed by atoms with Gasteiger partial charge in [-0.2, -0.15) is 4.37 Å². The first-order valence-electron chi connectivity index (χ1n) is 5.89. The number of ether oxygens (including phenoxy) is 1. The van der Waals surface area contributed by atoms with Gasteiger partial charge in [0.05, 0.1) is 12.6 Å². The molecule has 1 aromatic heterocycles. The minimum Gasteiger partial charge on any atom is -0.379 e. The maximum Gasteiger partial charge on any atom is 0.129 e. The highest BCUT2D eigenvalue weighted by Gasteiger charge is 2.19. The quantitative estimate of drug-likeness (QED) is 0.932. The van der Waals surface area contributed by atoms with E-state index in [2.05, 4.69) is 9.69 Å². The predicted octanol–water partition coefficient (Wildman–Crippen LogP) is 3.66. The number of aromatic nitrogens is 1. The molecule has 5 heteroatoms. The van der Waals surface area contributed by atoms with E-state index in [4.69, 9.17) is 16.3 Å². The zero-order valence-corrected chi connectivity index (χ0v) is 11.3. The van der Waals surface area contributed by atoms with Gasteiger partial charge in [0.15, 0.2) is 0 Å². The molecule has 1 unspecified atom stereocenters. The summed E-state index contributed by atoms with van der Waals surface area (Å²) in [6.45, 7) is 1.56. The second-order valence-electron chi connectivity index (χ2n) is 4.25. The van der Waals surface area contributed by atoms with Crippen LogP contribution in [0, 0.1) is 0 Å². The maximum atomic E-state index is 6.38. The third kappa shape index (κ3) is 2.36. The van der Waals surface area contributed by atoms with Crippen LogP contribution in [0.25, 0.3) is 11.3 Å². The Bertz CT molecular complexity index is 523. The molecule has 0 aliphatic carbocycles. The number of rotatable bonds is 3. The van der Waals surface area contributed by atoms with Crippen molar-refractivity contribution in [2.45, 2.75) is 12.5 Å². The second-order valence-corrected chi connectivity index (χ2v) is 5.40. The van der Waals surface area contributed by atoms with Crippen LogP contribution in [0.15, 0.2) is 30.3 Å². The molecule has 0 radical (unpaired) electrons. The Hall–Kier alpha value is -1.10. The number of benzene rings is 1. The van der Waals surface area contributed by atoms with E-state index in [0.29, 0.717) is 11.1 Å². The van der Waals surface area contributed by atoms with Gasteiger partial charge in [-0.25, -0.2) is 0 Å². The first-order valence-corrected chi connectivity index (χ1v) is 7.04. The summed E-state index contributed by atoms with van der Waals surface area (Å²) < 4.78 is 9.77. The van der Waals surface area contributed by atoms with E-state index in [-0.39, 0.29) is 0 Å². The van der Waals surface area contributed by atoms with E-state index in [0.717, 1.165) is 35.9 Å². The molecule has 2 aromatic rings. The summed E-state index contributed by atoms with van der Waals surface area (Å²) in [7, 11) is 0. The molecule has 1 aliphatic rings. The highest BCUT2D eigenvalue weighted by Crippen LogP contribution is 2.37. The minimum atomic E-state index is 0.353. The van der Waals surface area contributed by atoms with E-state index in [1.165, 1.54) is 11.5 Å². The van der Waals surface area contributed by atoms with Gasteiger partial charge in [-0.1, -0.05) is 41.9 Å². The number of anilines is 1. The third-order valence-corrected chi connectivity index (χ3v) is 4.21. The maximum absolute atomic E-state index is 6.38. The fraction of sp³-hybridized carbons (Fsp3) is 0.308. The number of hydrogen-bond acceptors (Lipinski definition) is 4. The Morgan fingerprint density at radius 1 is 1.33 bits per heavy atom. The van der Waals surface area contributed by atoms with E-state index in [1.807, 2.05) is 30.3 Å². The molecule has 1 N–H and O–H groups in total. The molecule has 0 saturated carbocycles. The minimum absolute atomic E-state index is 0.353. The molecule has 0 bridgehead atoms. The van der Waals surface area contributed by atoms with Crippen molar-refractivity contribution in [3.8, 4) is 11.3 Å². The van der Waals surface area contributed by atoms with Crippen molar-refractivity contribution >= 4 is 28.1 Å². The fourth-order valence-electron chi connectivity index (χ4n) is 1.98. The Kier molecular flexibility index (Phi) is 3.50. The van der Waals surface area contributed by atoms with Crippen LogP contribution in [0.4, 0.5) is 5.00 Å². The SMILES string of the molecule is Clc1c(-c2ccccc2)nsc1NC1CCOC1. The Morgan fingerprint density at radius 2 is 2.17 bits per heavy atom. The Morgan fingerprint density at radius 3 is 2.89 bits per heavy atom. The summed E-state index contributed by atoms with van der Waals surface area (Å²) in [5, 5.41) is 5.04. The monoisotopic (exact) mass is 280 g/mol. The molecular weight excluding hydrogens is 268 g/mol. The molecule has 0 spiro atoms. The molecule has 1 saturated heterocycles. The molecule has 3 nitrogen and oxygen atoms in total. The van der Waals surface area contributed by atoms with E-state index in [9.17, 15) is 0 Å². The van der Waals surface area contributed by atoms with Gasteiger partial charge in [-0.05, 0) is 18.0 Å². The standard InChI is InChI=1S/C13H13ClN2OS/c14-11-12(9-4-2-1-3-5-9)16-18-13(11)15-10-6-7-17-8-10/h1-5,10,15H,6-8H2. The highest BCUT2D eigenvalue weighted by atomic mass is 35.5. The van der Waals surface area contributed by atoms with Crippen molar-refractivity contribution in [2.24, 2.45) is 0 Å². The van der Waals surface area contributed by atoms with Crippen LogP contribution in [-0.4, -0.2) is 23.6 Å². The first-order chi connectivity index (χ1) is 8.84. The molecule has 2 heterocycles. The molecule has 1 fully saturated rings. The van der Waals surface area contributed by atoms with Crippen LogP contribution in [0.2, 0.25) is 5.02 Å². The number of halogens is 1. The van der Waals surface area contributed by atoms with Crippen molar-refractivity contribution in [3.63, 3.8) is 0 Å². The molecule has 3 rings (SSSR count). The van der Waals surface area contributed by atoms with Gasteiger partial charge in [0, 0.05) is 12.2 Å². The third-order valence-electron chi connectivity index (χ3n) is 2.95. The van der Waals surface area contributed by atoms with Gasteiger partial charge in [-0.15, -0.1) is 0 Å². The molecule has 94 valence electrons. The van der Waals surface area contributed by atoms with Crippen molar-refractivity contribution in [2.75, 3.05) is 18.5 Å². The topological polar surface area (TPSA) is 34.2 Å². The summed E-state index contributed by atoms with van der Waals surface area (Å²) in [6, 6.07) is 10.4. The van der Waals surface area contributed by atoms with Crippen molar-refractivity contribution in [1.82, 2.24) is 4.37 Å². The zero-order valence-electron chi connectivity index (χ0n) is 9.73. The van der Waals surface area contributed by atoms with Crippen LogP contribution < -0.4 is 5.32 Å². The highest BCUT2D eigenvalue weighted by molar-refractivity contribution is 7.11. The van der Waals surface area contributed by atoms with Crippen LogP contribution >= 0.6 is 23.1 Å². The van der Waals surface area contributed by atoms with E-state index >= 15 is 0 Å². The summed E-state index contributed by atoms with van der Waals surface area (Å²) in [4.78, 5) is 0. The van der Waals surface area contributed by atoms with Crippen molar-refractivity contribution in [3.05, 3.63) is 35.4 Å². The van der Waals surface area contributed by atoms with Gasteiger partial charge in [0.1, 0.15) is 15.7 Å². The Balaban J connectivity index is 1.83. The fourth-order valence-corrected chi connectivity index (χ4v) is 3.11. The van der Waals surface area contributed by atoms with E-state index < -0.39 is 0 Å². The second kappa shape index (κ2) is 5.26. The van der Waals surface area contributed by atoms with Gasteiger partial charge in [0.25, 0.3) is 0 Å². The molecule has 18 heavy (non-hydrogen) atoms. The van der Waals surface area contributed by atoms with Crippen LogP contribution in [0.5, 0.6) is 0 Å². The molecule has 0 amide bonds. The van der Waals surface area contributed by atoms with Crippen LogP contribution in [0.1, 0.15) is 6.42 Å². The number of nitrogens with one attached hydrogen (secondary N) is 1. The van der Waals surface area contributed by atoms with Crippen molar-refractivity contribution in [1.29, 1.82) is 0 Å². The molecule has 1 atom stereocenters. The van der Waals surface area contributed by atoms with Crippen molar-refractivity contribution < 1.29 is 4.74 Å². The Labute approximate surface area is 115 Å². The lowest BCUT2D eigenvalue weighted by molar-refractivity contribution is 0.195. The normalized spacial score (nSPS) is 19.1. The summed E-state index contributed by atoms with van der Waals surface area (Å²) in [5.74, 6) is 0. The van der Waals surface area contributed by atoms with E-state index in [1.54, 1.807) is 0 Å². The molecule has 1 aromatic carbocycles. The predicted molar refractivity (Wildman–Crippen MR) is 75.4 cm³/mol. The lowest BCUT2D eigenvalue weighted by Gasteiger charge is -2.09. The van der Waals surface area contributed by atoms with Gasteiger partial charge in [0.2, 0.25) is 0 Å². The smallest absolute Gasteiger partial charge is 0.129 e. The summed E-state index contributed by atoms with van der Waals surface area (Å²) in [6.07, 6.45) is 1.02. The lowest BCUT2D eigenvalue weighted by Crippen LogP contribution is -2.18. The average molecular weight is 281 g/mol. The van der Waals surface area contributed by atoms with Gasteiger partial charge < -0.3 is 10.1 Å². The average Bonchev–Trinajstić information content (AvgIpc) is 3.03. The van der Waals surface area contributed by atoms with Crippen LogP contribution in [-0.2, 0) is 4.74 Å². The van der Waals surface area contributed by atoms with Crippen LogP contribution in [0.3, 0.4) is 0 Å².